The van der Waals surface area contributed by atoms with Crippen LogP contribution in [0.15, 0.2) is 30.3 Å². The average molecular weight is 449 g/mol. The van der Waals surface area contributed by atoms with Crippen LogP contribution in [0.1, 0.15) is 62.2 Å². The van der Waals surface area contributed by atoms with Crippen molar-refractivity contribution in [1.82, 2.24) is 9.97 Å². The maximum atomic E-state index is 15.5. The number of anilines is 2. The molecule has 1 atom stereocenters. The fourth-order valence-corrected chi connectivity index (χ4v) is 5.05. The first-order chi connectivity index (χ1) is 15.6. The van der Waals surface area contributed by atoms with Gasteiger partial charge in [-0.3, -0.25) is 4.79 Å². The lowest BCUT2D eigenvalue weighted by molar-refractivity contribution is -0.121. The molecular formula is C26H29FN4O2. The van der Waals surface area contributed by atoms with Crippen LogP contribution >= 0.6 is 0 Å². The number of nitrogens with one attached hydrogen (secondary N) is 1. The second-order valence-electron chi connectivity index (χ2n) is 10.0. The highest BCUT2D eigenvalue weighted by molar-refractivity contribution is 6.10. The number of rotatable bonds is 5. The van der Waals surface area contributed by atoms with Crippen molar-refractivity contribution in [3.05, 3.63) is 58.7 Å². The van der Waals surface area contributed by atoms with Crippen LogP contribution in [0.25, 0.3) is 10.9 Å². The summed E-state index contributed by atoms with van der Waals surface area (Å²) < 4.78 is 15.5. The molecule has 2 heterocycles. The van der Waals surface area contributed by atoms with E-state index in [1.807, 2.05) is 45.9 Å². The van der Waals surface area contributed by atoms with E-state index >= 15 is 4.39 Å². The number of carbonyl (C=O) groups is 1. The summed E-state index contributed by atoms with van der Waals surface area (Å²) in [6.07, 6.45) is 1.60. The lowest BCUT2D eigenvalue weighted by Crippen LogP contribution is -2.33. The number of fused-ring (bicyclic) bond motifs is 2. The largest absolute Gasteiger partial charge is 0.395 e. The highest BCUT2D eigenvalue weighted by Gasteiger charge is 2.46. The summed E-state index contributed by atoms with van der Waals surface area (Å²) in [4.78, 5) is 23.7. The van der Waals surface area contributed by atoms with Crippen molar-refractivity contribution in [2.24, 2.45) is 0 Å². The zero-order valence-electron chi connectivity index (χ0n) is 19.7. The molecule has 6 nitrogen and oxygen atoms in total. The summed E-state index contributed by atoms with van der Waals surface area (Å²) in [5.74, 6) is 0.967. The van der Waals surface area contributed by atoms with E-state index in [2.05, 4.69) is 15.3 Å². The molecule has 0 bridgehead atoms. The van der Waals surface area contributed by atoms with Crippen LogP contribution in [0.4, 0.5) is 15.9 Å². The summed E-state index contributed by atoms with van der Waals surface area (Å²) >= 11 is 0. The Bertz CT molecular complexity index is 1300. The minimum Gasteiger partial charge on any atom is -0.395 e. The fraction of sp³-hybridized carbons (Fsp3) is 0.423. The number of nitrogens with zero attached hydrogens (tertiary/aromatic N) is 3. The van der Waals surface area contributed by atoms with Crippen molar-refractivity contribution in [2.45, 2.75) is 57.4 Å². The van der Waals surface area contributed by atoms with Crippen molar-refractivity contribution in [3.63, 3.8) is 0 Å². The van der Waals surface area contributed by atoms with E-state index in [4.69, 9.17) is 0 Å². The molecule has 1 fully saturated rings. The molecule has 0 unspecified atom stereocenters. The van der Waals surface area contributed by atoms with Crippen molar-refractivity contribution < 1.29 is 14.3 Å². The topological polar surface area (TPSA) is 78.4 Å². The minimum absolute atomic E-state index is 0.0390. The van der Waals surface area contributed by atoms with Crippen LogP contribution in [0.2, 0.25) is 0 Å². The Balaban J connectivity index is 1.57. The number of hydrogen-bond acceptors (Lipinski definition) is 5. The van der Waals surface area contributed by atoms with Crippen molar-refractivity contribution >= 4 is 28.3 Å². The van der Waals surface area contributed by atoms with Gasteiger partial charge in [0.2, 0.25) is 5.91 Å². The first-order valence-corrected chi connectivity index (χ1v) is 11.4. The lowest BCUT2D eigenvalue weighted by Gasteiger charge is -2.21. The number of amides is 1. The molecule has 7 heteroatoms. The summed E-state index contributed by atoms with van der Waals surface area (Å²) in [6.45, 7) is 7.53. The lowest BCUT2D eigenvalue weighted by atomic mass is 9.85. The van der Waals surface area contributed by atoms with Gasteiger partial charge in [-0.05, 0) is 63.8 Å². The van der Waals surface area contributed by atoms with Gasteiger partial charge in [-0.25, -0.2) is 14.4 Å². The predicted octanol–water partition coefficient (Wildman–Crippen LogP) is 4.53. The minimum atomic E-state index is -0.618. The first kappa shape index (κ1) is 21.8. The number of likely N-dealkylation sites (N-methyl/N-ethyl adjacent to an activating group) is 1. The van der Waals surface area contributed by atoms with Gasteiger partial charge in [-0.1, -0.05) is 18.2 Å². The van der Waals surface area contributed by atoms with Gasteiger partial charge in [0.05, 0.1) is 23.6 Å². The number of aryl methyl sites for hydroxylation is 1. The van der Waals surface area contributed by atoms with Gasteiger partial charge in [0.15, 0.2) is 0 Å². The molecule has 1 amide bonds. The molecule has 1 saturated carbocycles. The van der Waals surface area contributed by atoms with Crippen molar-refractivity contribution in [2.75, 3.05) is 23.9 Å². The normalized spacial score (nSPS) is 19.0. The second kappa shape index (κ2) is 7.22. The monoisotopic (exact) mass is 448 g/mol. The molecule has 0 saturated heterocycles. The van der Waals surface area contributed by atoms with Gasteiger partial charge in [-0.15, -0.1) is 0 Å². The Labute approximate surface area is 192 Å². The van der Waals surface area contributed by atoms with Crippen LogP contribution in [-0.4, -0.2) is 34.6 Å². The van der Waals surface area contributed by atoms with E-state index in [0.29, 0.717) is 22.8 Å². The number of halogens is 1. The third-order valence-electron chi connectivity index (χ3n) is 7.37. The molecule has 5 rings (SSSR count). The molecule has 2 aliphatic rings. The van der Waals surface area contributed by atoms with E-state index in [-0.39, 0.29) is 24.4 Å². The molecular weight excluding hydrogens is 419 g/mol. The predicted molar refractivity (Wildman–Crippen MR) is 127 cm³/mol. The van der Waals surface area contributed by atoms with Crippen molar-refractivity contribution in [1.29, 1.82) is 0 Å². The highest BCUT2D eigenvalue weighted by atomic mass is 19.1. The molecule has 172 valence electrons. The quantitative estimate of drug-likeness (QED) is 0.600. The summed E-state index contributed by atoms with van der Waals surface area (Å²) in [7, 11) is 1.78. The fourth-order valence-electron chi connectivity index (χ4n) is 5.05. The van der Waals surface area contributed by atoms with Gasteiger partial charge in [0, 0.05) is 29.1 Å². The third-order valence-corrected chi connectivity index (χ3v) is 7.37. The zero-order valence-corrected chi connectivity index (χ0v) is 19.7. The standard InChI is InChI=1S/C26H29FN4O2/c1-14(16-7-6-8-18(22(16)27)26(13-32)9-10-26)28-23-17-11-21-19(12-20(17)29-15(2)30-23)25(3,4)24(33)31(21)5/h6-8,11-12,14,32H,9-10,13H2,1-5H3,(H,28,29,30)/t14-/m0/s1. The average Bonchev–Trinajstić information content (AvgIpc) is 3.55. The number of aromatic nitrogens is 2. The van der Waals surface area contributed by atoms with Gasteiger partial charge in [0.25, 0.3) is 0 Å². The van der Waals surface area contributed by atoms with Crippen molar-refractivity contribution in [3.8, 4) is 0 Å². The molecule has 0 spiro atoms. The molecule has 1 aromatic heterocycles. The number of carbonyl (C=O) groups excluding carboxylic acids is 1. The number of benzene rings is 2. The number of aliphatic hydroxyl groups is 1. The molecule has 0 radical (unpaired) electrons. The number of aliphatic hydroxyl groups excluding tert-OH is 1. The molecule has 33 heavy (non-hydrogen) atoms. The van der Waals surface area contributed by atoms with Gasteiger partial charge in [0.1, 0.15) is 17.5 Å². The second-order valence-corrected chi connectivity index (χ2v) is 10.0. The van der Waals surface area contributed by atoms with Crippen LogP contribution in [0.3, 0.4) is 0 Å². The van der Waals surface area contributed by atoms with E-state index in [1.54, 1.807) is 24.1 Å². The SMILES string of the molecule is Cc1nc(N[C@@H](C)c2cccc(C3(CO)CC3)c2F)c2cc3c(cc2n1)C(C)(C)C(=O)N3C. The zero-order chi connectivity index (χ0) is 23.7. The Morgan fingerprint density at radius 1 is 1.21 bits per heavy atom. The molecule has 1 aliphatic carbocycles. The molecule has 1 aliphatic heterocycles. The Hall–Kier alpha value is -3.06. The van der Waals surface area contributed by atoms with Crippen LogP contribution in [0, 0.1) is 12.7 Å². The van der Waals surface area contributed by atoms with Crippen LogP contribution in [0.5, 0.6) is 0 Å². The van der Waals surface area contributed by atoms with E-state index in [9.17, 15) is 9.90 Å². The van der Waals surface area contributed by atoms with Gasteiger partial charge >= 0.3 is 0 Å². The highest BCUT2D eigenvalue weighted by Crippen LogP contribution is 2.49. The van der Waals surface area contributed by atoms with E-state index < -0.39 is 10.8 Å². The maximum absolute atomic E-state index is 15.5. The molecule has 3 aromatic rings. The molecule has 2 aromatic carbocycles. The molecule has 2 N–H and O–H groups in total. The van der Waals surface area contributed by atoms with Gasteiger partial charge < -0.3 is 15.3 Å². The Kier molecular flexibility index (Phi) is 4.76. The van der Waals surface area contributed by atoms with Crippen LogP contribution < -0.4 is 10.2 Å². The first-order valence-electron chi connectivity index (χ1n) is 11.4. The van der Waals surface area contributed by atoms with Gasteiger partial charge in [-0.2, -0.15) is 0 Å². The number of hydrogen-bond donors (Lipinski definition) is 2. The maximum Gasteiger partial charge on any atom is 0.236 e. The van der Waals surface area contributed by atoms with E-state index in [1.165, 1.54) is 0 Å². The third kappa shape index (κ3) is 3.21. The van der Waals surface area contributed by atoms with Crippen LogP contribution in [-0.2, 0) is 15.6 Å². The summed E-state index contributed by atoms with van der Waals surface area (Å²) in [6, 6.07) is 8.95. The Morgan fingerprint density at radius 3 is 2.61 bits per heavy atom. The summed E-state index contributed by atoms with van der Waals surface area (Å²) in [5, 5.41) is 13.9. The summed E-state index contributed by atoms with van der Waals surface area (Å²) in [5.41, 5.74) is 2.59. The smallest absolute Gasteiger partial charge is 0.236 e. The van der Waals surface area contributed by atoms with E-state index in [0.717, 1.165) is 35.0 Å². The Morgan fingerprint density at radius 2 is 1.94 bits per heavy atom.